The monoisotopic (exact) mass is 501 g/mol. The van der Waals surface area contributed by atoms with E-state index in [1.807, 2.05) is 0 Å². The Kier molecular flexibility index (Phi) is 1000. The molecule has 0 saturated carbocycles. The van der Waals surface area contributed by atoms with Gasteiger partial charge in [-0.3, -0.25) is 0 Å². The maximum atomic E-state index is 0. The Hall–Kier alpha value is 4.36. The van der Waals surface area contributed by atoms with Gasteiger partial charge < -0.3 is 5.48 Å². The first-order valence-corrected chi connectivity index (χ1v) is 0. The van der Waals surface area contributed by atoms with E-state index in [9.17, 15) is 0 Å². The Labute approximate surface area is 145 Å². The minimum Gasteiger partial charge on any atom is -0.412 e. The second-order valence-electron chi connectivity index (χ2n) is 0. The van der Waals surface area contributed by atoms with Crippen molar-refractivity contribution in [3.8, 4) is 0 Å². The second-order valence-corrected chi connectivity index (χ2v) is 0. The minimum absolute atomic E-state index is 0. The van der Waals surface area contributed by atoms with Gasteiger partial charge in [0.05, 0.1) is 0 Å². The van der Waals surface area contributed by atoms with Crippen LogP contribution in [0.2, 0.25) is 0 Å². The Bertz CT molecular complexity index is 28.5. The average molecular weight is 502 g/mol. The number of rotatable bonds is 0. The van der Waals surface area contributed by atoms with Crippen LogP contribution in [-0.2, 0) is 125 Å². The van der Waals surface area contributed by atoms with Gasteiger partial charge in [0.25, 0.3) is 0 Å². The molecule has 0 aromatic heterocycles. The molecular weight excluding hydrogens is 497 g/mol. The van der Waals surface area contributed by atoms with E-state index in [1.165, 1.54) is 0 Å². The van der Waals surface area contributed by atoms with Crippen molar-refractivity contribution in [1.29, 1.82) is 0 Å². The fraction of sp³-hybridized carbons (Fsp3) is 0. The third-order valence-corrected chi connectivity index (χ3v) is 0. The summed E-state index contributed by atoms with van der Waals surface area (Å²) >= 11 is 0. The van der Waals surface area contributed by atoms with Gasteiger partial charge in [0.15, 0.2) is 17.4 Å². The molecule has 0 saturated heterocycles. The summed E-state index contributed by atoms with van der Waals surface area (Å²) in [6.45, 7) is 0. The van der Waals surface area contributed by atoms with Crippen LogP contribution in [-0.4, -0.2) is 22.8 Å². The molecule has 0 rings (SSSR count). The van der Waals surface area contributed by atoms with Crippen LogP contribution >= 0.6 is 0 Å². The maximum absolute atomic E-state index is 0. The zero-order valence-electron chi connectivity index (χ0n) is 3.31. The average Bonchev–Trinajstić information content (AvgIpc) is 0. The molecule has 3 radical (unpaired) electrons. The van der Waals surface area contributed by atoms with E-state index in [1.54, 1.807) is 0 Å². The molecule has 0 spiro atoms. The van der Waals surface area contributed by atoms with Gasteiger partial charge >= 0.3 is 0 Å². The molecule has 0 aliphatic heterocycles. The molecule has 0 amide bonds. The predicted octanol–water partition coefficient (Wildman–Crippen LogP) is -2.03. The molecule has 67 valence electrons. The van der Waals surface area contributed by atoms with Gasteiger partial charge in [-0.25, -0.2) is 0 Å². The quantitative estimate of drug-likeness (QED) is 0.343. The summed E-state index contributed by atoms with van der Waals surface area (Å²) in [4.78, 5) is 0. The van der Waals surface area contributed by atoms with E-state index in [4.69, 9.17) is 0 Å². The van der Waals surface area contributed by atoms with Gasteiger partial charge in [0, 0.05) is 125 Å². The standard InChI is InChI=1S/Al.Co.Cu.Fe.Ni.H2O.Ru.V.Zn.3H/h;;;;;1H2;;;;;;. The summed E-state index contributed by atoms with van der Waals surface area (Å²) in [7, 11) is 0. The Morgan fingerprint density at radius 2 is 1.00 bits per heavy atom. The summed E-state index contributed by atoms with van der Waals surface area (Å²) in [5.74, 6) is 0. The zero-order valence-corrected chi connectivity index (χ0v) is 13.5. The summed E-state index contributed by atoms with van der Waals surface area (Å²) in [6.07, 6.45) is 0. The van der Waals surface area contributed by atoms with E-state index < -0.39 is 0 Å². The van der Waals surface area contributed by atoms with Crippen LogP contribution in [0.1, 0.15) is 0 Å². The third-order valence-electron chi connectivity index (χ3n) is 0. The van der Waals surface area contributed by atoms with Gasteiger partial charge in [0.1, 0.15) is 0 Å². The van der Waals surface area contributed by atoms with Gasteiger partial charge in [-0.1, -0.05) is 0 Å². The fourth-order valence-electron chi connectivity index (χ4n) is 0. The van der Waals surface area contributed by atoms with Crippen LogP contribution in [0.25, 0.3) is 0 Å². The van der Waals surface area contributed by atoms with E-state index in [2.05, 4.69) is 0 Å². The summed E-state index contributed by atoms with van der Waals surface area (Å²) in [5.41, 5.74) is 0. The van der Waals surface area contributed by atoms with Crippen molar-refractivity contribution in [2.45, 2.75) is 0 Å². The van der Waals surface area contributed by atoms with E-state index in [-0.39, 0.29) is 148 Å². The molecule has 0 aliphatic rings. The van der Waals surface area contributed by atoms with Gasteiger partial charge in [-0.05, 0) is 0 Å². The molecule has 0 aliphatic carbocycles. The van der Waals surface area contributed by atoms with Crippen molar-refractivity contribution in [1.82, 2.24) is 0 Å². The fourth-order valence-corrected chi connectivity index (χ4v) is 0. The molecule has 2 N–H and O–H groups in total. The van der Waals surface area contributed by atoms with Crippen molar-refractivity contribution in [3.05, 3.63) is 0 Å². The maximum Gasteiger partial charge on any atom is 0.187 e. The molecule has 0 bridgehead atoms. The van der Waals surface area contributed by atoms with Crippen LogP contribution in [0.4, 0.5) is 0 Å². The minimum atomic E-state index is 0. The zero-order chi connectivity index (χ0) is 0. The van der Waals surface area contributed by atoms with Crippen LogP contribution in [0, 0.1) is 0 Å². The molecular formula is H5AlCoCuFeNiORuVZn. The first kappa shape index (κ1) is 107. The van der Waals surface area contributed by atoms with E-state index >= 15 is 0 Å². The number of hydrogen-bond acceptors (Lipinski definition) is 0. The largest absolute Gasteiger partial charge is 0.412 e. The van der Waals surface area contributed by atoms with Crippen LogP contribution in [0.15, 0.2) is 0 Å². The molecule has 0 fully saturated rings. The van der Waals surface area contributed by atoms with Crippen molar-refractivity contribution >= 4 is 17.4 Å². The molecule has 1 nitrogen and oxygen atoms in total. The first-order chi connectivity index (χ1) is 0. The molecule has 0 heterocycles. The SMILES string of the molecule is O.[AlH3].[Co].[Cu].[Fe].[Ni].[Ru].[V].[Zn]. The van der Waals surface area contributed by atoms with Gasteiger partial charge in [-0.15, -0.1) is 0 Å². The first-order valence-electron chi connectivity index (χ1n) is 0. The molecule has 0 aromatic carbocycles. The van der Waals surface area contributed by atoms with Crippen molar-refractivity contribution in [3.63, 3.8) is 0 Å². The predicted molar refractivity (Wildman–Crippen MR) is 13.6 cm³/mol. The molecule has 0 unspecified atom stereocenters. The van der Waals surface area contributed by atoms with Gasteiger partial charge in [-0.2, -0.15) is 0 Å². The molecule has 0 aromatic rings. The topological polar surface area (TPSA) is 31.5 Å². The summed E-state index contributed by atoms with van der Waals surface area (Å²) in [5, 5.41) is 0. The van der Waals surface area contributed by atoms with Crippen LogP contribution < -0.4 is 0 Å². The van der Waals surface area contributed by atoms with Gasteiger partial charge in [0.2, 0.25) is 0 Å². The normalized spacial score (nSPS) is 0. The Morgan fingerprint density at radius 3 is 1.00 bits per heavy atom. The Morgan fingerprint density at radius 1 is 1.00 bits per heavy atom. The van der Waals surface area contributed by atoms with E-state index in [0.29, 0.717) is 0 Å². The second kappa shape index (κ2) is 83.9. The molecule has 0 atom stereocenters. The van der Waals surface area contributed by atoms with E-state index in [0.717, 1.165) is 0 Å². The van der Waals surface area contributed by atoms with Crippen molar-refractivity contribution in [2.24, 2.45) is 0 Å². The van der Waals surface area contributed by atoms with Crippen molar-refractivity contribution in [2.75, 3.05) is 0 Å². The Balaban J connectivity index is 0. The van der Waals surface area contributed by atoms with Crippen molar-refractivity contribution < 1.29 is 130 Å². The molecule has 9 heteroatoms. The van der Waals surface area contributed by atoms with Crippen LogP contribution in [0.5, 0.6) is 0 Å². The number of hydrogen-bond donors (Lipinski definition) is 0. The third kappa shape index (κ3) is 69.8. The summed E-state index contributed by atoms with van der Waals surface area (Å²) < 4.78 is 0. The summed E-state index contributed by atoms with van der Waals surface area (Å²) in [6, 6.07) is 0. The molecule has 9 heavy (non-hydrogen) atoms. The smallest absolute Gasteiger partial charge is 0.187 e. The van der Waals surface area contributed by atoms with Crippen LogP contribution in [0.3, 0.4) is 0 Å².